The maximum absolute atomic E-state index is 12.8. The van der Waals surface area contributed by atoms with E-state index in [1.807, 2.05) is 17.9 Å². The predicted octanol–water partition coefficient (Wildman–Crippen LogP) is 3.89. The quantitative estimate of drug-likeness (QED) is 0.834. The highest BCUT2D eigenvalue weighted by Gasteiger charge is 2.24. The van der Waals surface area contributed by atoms with Gasteiger partial charge in [-0.1, -0.05) is 41.9 Å². The zero-order valence-corrected chi connectivity index (χ0v) is 17.5. The molecule has 1 saturated heterocycles. The molecule has 0 atom stereocenters. The Balaban J connectivity index is 1.82. The van der Waals surface area contributed by atoms with Crippen molar-refractivity contribution < 1.29 is 13.2 Å². The first-order chi connectivity index (χ1) is 12.8. The number of nitrogens with one attached hydrogen (secondary N) is 1. The molecule has 0 saturated carbocycles. The molecule has 0 spiro atoms. The van der Waals surface area contributed by atoms with Crippen LogP contribution in [-0.2, 0) is 10.0 Å². The molecule has 1 amide bonds. The SMILES string of the molecule is Cc1ccc(S(=O)(=O)Nc2nc(C)c(C(=O)N3CCCCCC3)s2)c(C)c1. The van der Waals surface area contributed by atoms with Crippen LogP contribution in [0.25, 0.3) is 0 Å². The number of aromatic nitrogens is 1. The molecule has 1 fully saturated rings. The maximum Gasteiger partial charge on any atom is 0.265 e. The summed E-state index contributed by atoms with van der Waals surface area (Å²) < 4.78 is 28.0. The topological polar surface area (TPSA) is 79.4 Å². The van der Waals surface area contributed by atoms with Crippen LogP contribution in [0, 0.1) is 20.8 Å². The van der Waals surface area contributed by atoms with E-state index in [4.69, 9.17) is 0 Å². The van der Waals surface area contributed by atoms with E-state index < -0.39 is 10.0 Å². The molecular weight excluding hydrogens is 382 g/mol. The lowest BCUT2D eigenvalue weighted by Crippen LogP contribution is -2.31. The summed E-state index contributed by atoms with van der Waals surface area (Å²) in [5.41, 5.74) is 2.24. The highest BCUT2D eigenvalue weighted by atomic mass is 32.2. The second-order valence-corrected chi connectivity index (χ2v) is 9.66. The highest BCUT2D eigenvalue weighted by molar-refractivity contribution is 7.93. The molecule has 8 heteroatoms. The van der Waals surface area contributed by atoms with E-state index in [-0.39, 0.29) is 15.9 Å². The molecule has 146 valence electrons. The van der Waals surface area contributed by atoms with E-state index in [0.29, 0.717) is 16.1 Å². The van der Waals surface area contributed by atoms with Gasteiger partial charge in [0.05, 0.1) is 10.6 Å². The second-order valence-electron chi connectivity index (χ2n) is 7.01. The maximum atomic E-state index is 12.8. The van der Waals surface area contributed by atoms with Crippen LogP contribution in [0.15, 0.2) is 23.1 Å². The number of carbonyl (C=O) groups excluding carboxylic acids is 1. The largest absolute Gasteiger partial charge is 0.338 e. The number of likely N-dealkylation sites (tertiary alicyclic amines) is 1. The van der Waals surface area contributed by atoms with Gasteiger partial charge in [0.1, 0.15) is 4.88 Å². The number of hydrogen-bond acceptors (Lipinski definition) is 5. The molecule has 2 aromatic rings. The summed E-state index contributed by atoms with van der Waals surface area (Å²) >= 11 is 1.11. The number of rotatable bonds is 4. The molecule has 1 aromatic carbocycles. The minimum atomic E-state index is -3.75. The van der Waals surface area contributed by atoms with Gasteiger partial charge in [0.15, 0.2) is 5.13 Å². The summed E-state index contributed by atoms with van der Waals surface area (Å²) in [6.07, 6.45) is 4.31. The van der Waals surface area contributed by atoms with Crippen molar-refractivity contribution in [3.63, 3.8) is 0 Å². The number of amides is 1. The van der Waals surface area contributed by atoms with Gasteiger partial charge in [-0.3, -0.25) is 9.52 Å². The first-order valence-corrected chi connectivity index (χ1v) is 11.4. The van der Waals surface area contributed by atoms with E-state index >= 15 is 0 Å². The second kappa shape index (κ2) is 7.98. The molecule has 0 radical (unpaired) electrons. The molecule has 1 aromatic heterocycles. The Morgan fingerprint density at radius 3 is 2.41 bits per heavy atom. The average Bonchev–Trinajstić information content (AvgIpc) is 2.80. The fourth-order valence-corrected chi connectivity index (χ4v) is 5.72. The van der Waals surface area contributed by atoms with E-state index in [1.165, 1.54) is 0 Å². The molecule has 0 unspecified atom stereocenters. The zero-order chi connectivity index (χ0) is 19.6. The van der Waals surface area contributed by atoms with Gasteiger partial charge in [-0.25, -0.2) is 13.4 Å². The van der Waals surface area contributed by atoms with Crippen LogP contribution in [0.2, 0.25) is 0 Å². The first kappa shape index (κ1) is 19.8. The third kappa shape index (κ3) is 4.50. The van der Waals surface area contributed by atoms with Crippen molar-refractivity contribution in [2.75, 3.05) is 17.8 Å². The lowest BCUT2D eigenvalue weighted by Gasteiger charge is -2.19. The molecule has 1 aliphatic heterocycles. The zero-order valence-electron chi connectivity index (χ0n) is 15.9. The summed E-state index contributed by atoms with van der Waals surface area (Å²) in [6, 6.07) is 5.19. The van der Waals surface area contributed by atoms with Crippen molar-refractivity contribution in [3.05, 3.63) is 39.9 Å². The Kier molecular flexibility index (Phi) is 5.86. The van der Waals surface area contributed by atoms with Gasteiger partial charge in [0.25, 0.3) is 15.9 Å². The molecule has 2 heterocycles. The summed E-state index contributed by atoms with van der Waals surface area (Å²) in [4.78, 5) is 19.7. The van der Waals surface area contributed by atoms with Crippen LogP contribution in [0.5, 0.6) is 0 Å². The van der Waals surface area contributed by atoms with Gasteiger partial charge in [-0.05, 0) is 45.2 Å². The van der Waals surface area contributed by atoms with E-state index in [0.717, 1.165) is 55.7 Å². The van der Waals surface area contributed by atoms with Gasteiger partial charge in [-0.15, -0.1) is 0 Å². The number of nitrogens with zero attached hydrogens (tertiary/aromatic N) is 2. The fraction of sp³-hybridized carbons (Fsp3) is 0.474. The molecule has 0 bridgehead atoms. The average molecular weight is 408 g/mol. The van der Waals surface area contributed by atoms with Gasteiger partial charge in [0.2, 0.25) is 0 Å². The standard InChI is InChI=1S/C19H25N3O3S2/c1-13-8-9-16(14(2)12-13)27(24,25)21-19-20-15(3)17(26-19)18(23)22-10-6-4-5-7-11-22/h8-9,12H,4-7,10-11H2,1-3H3,(H,20,21). The summed E-state index contributed by atoms with van der Waals surface area (Å²) in [7, 11) is -3.75. The normalized spacial score (nSPS) is 15.4. The van der Waals surface area contributed by atoms with Crippen LogP contribution in [0.3, 0.4) is 0 Å². The number of sulfonamides is 1. The van der Waals surface area contributed by atoms with Crippen molar-refractivity contribution in [3.8, 4) is 0 Å². The number of thiazole rings is 1. The van der Waals surface area contributed by atoms with Crippen molar-refractivity contribution in [1.82, 2.24) is 9.88 Å². The van der Waals surface area contributed by atoms with Crippen molar-refractivity contribution in [1.29, 1.82) is 0 Å². The minimum absolute atomic E-state index is 0.0520. The Hall–Kier alpha value is -1.93. The van der Waals surface area contributed by atoms with E-state index in [2.05, 4.69) is 9.71 Å². The number of carbonyl (C=O) groups is 1. The summed E-state index contributed by atoms with van der Waals surface area (Å²) in [5, 5.41) is 0.227. The Bertz CT molecular complexity index is 943. The van der Waals surface area contributed by atoms with Gasteiger partial charge >= 0.3 is 0 Å². The van der Waals surface area contributed by atoms with Crippen LogP contribution in [0.4, 0.5) is 5.13 Å². The van der Waals surface area contributed by atoms with Crippen LogP contribution >= 0.6 is 11.3 Å². The smallest absolute Gasteiger partial charge is 0.265 e. The number of hydrogen-bond donors (Lipinski definition) is 1. The Morgan fingerprint density at radius 2 is 1.78 bits per heavy atom. The van der Waals surface area contributed by atoms with Gasteiger partial charge in [-0.2, -0.15) is 0 Å². The Morgan fingerprint density at radius 1 is 1.11 bits per heavy atom. The summed E-state index contributed by atoms with van der Waals surface area (Å²) in [6.45, 7) is 6.93. The fourth-order valence-electron chi connectivity index (χ4n) is 3.33. The minimum Gasteiger partial charge on any atom is -0.338 e. The predicted molar refractivity (Wildman–Crippen MR) is 108 cm³/mol. The van der Waals surface area contributed by atoms with E-state index in [1.54, 1.807) is 26.0 Å². The van der Waals surface area contributed by atoms with Gasteiger partial charge < -0.3 is 4.90 Å². The molecule has 6 nitrogen and oxygen atoms in total. The lowest BCUT2D eigenvalue weighted by molar-refractivity contribution is 0.0765. The monoisotopic (exact) mass is 407 g/mol. The molecule has 0 aliphatic carbocycles. The van der Waals surface area contributed by atoms with Crippen molar-refractivity contribution in [2.24, 2.45) is 0 Å². The molecular formula is C19H25N3O3S2. The third-order valence-electron chi connectivity index (χ3n) is 4.73. The number of aryl methyl sites for hydroxylation is 3. The first-order valence-electron chi connectivity index (χ1n) is 9.15. The number of benzene rings is 1. The Labute approximate surface area is 164 Å². The van der Waals surface area contributed by atoms with Crippen molar-refractivity contribution >= 4 is 32.4 Å². The number of anilines is 1. The molecule has 1 aliphatic rings. The van der Waals surface area contributed by atoms with E-state index in [9.17, 15) is 13.2 Å². The third-order valence-corrected chi connectivity index (χ3v) is 7.41. The van der Waals surface area contributed by atoms with Gasteiger partial charge in [0, 0.05) is 13.1 Å². The van der Waals surface area contributed by atoms with Crippen LogP contribution in [0.1, 0.15) is 52.2 Å². The lowest BCUT2D eigenvalue weighted by atomic mass is 10.2. The van der Waals surface area contributed by atoms with Crippen molar-refractivity contribution in [2.45, 2.75) is 51.3 Å². The highest BCUT2D eigenvalue weighted by Crippen LogP contribution is 2.28. The molecule has 27 heavy (non-hydrogen) atoms. The summed E-state index contributed by atoms with van der Waals surface area (Å²) in [5.74, 6) is -0.0520. The molecule has 1 N–H and O–H groups in total. The molecule has 3 rings (SSSR count). The van der Waals surface area contributed by atoms with Crippen LogP contribution in [-0.4, -0.2) is 37.3 Å². The van der Waals surface area contributed by atoms with Crippen LogP contribution < -0.4 is 4.72 Å².